The van der Waals surface area contributed by atoms with Crippen molar-refractivity contribution in [3.05, 3.63) is 58.5 Å². The van der Waals surface area contributed by atoms with Crippen LogP contribution >= 0.6 is 0 Å². The molecule has 0 bridgehead atoms. The predicted octanol–water partition coefficient (Wildman–Crippen LogP) is 4.57. The Hall–Kier alpha value is -4.32. The largest absolute Gasteiger partial charge is 0.489 e. The number of rotatable bonds is 4. The van der Waals surface area contributed by atoms with Gasteiger partial charge in [-0.2, -0.15) is 10.4 Å². The van der Waals surface area contributed by atoms with Gasteiger partial charge in [0.1, 0.15) is 17.1 Å². The summed E-state index contributed by atoms with van der Waals surface area (Å²) in [5, 5.41) is 14.3. The van der Waals surface area contributed by atoms with Gasteiger partial charge in [0.15, 0.2) is 0 Å². The normalized spacial score (nSPS) is 12.1. The molecule has 0 fully saturated rings. The molecule has 9 heteroatoms. The van der Waals surface area contributed by atoms with Crippen molar-refractivity contribution in [3.63, 3.8) is 0 Å². The summed E-state index contributed by atoms with van der Waals surface area (Å²) in [6.45, 7) is 10.3. The highest BCUT2D eigenvalue weighted by molar-refractivity contribution is 5.90. The van der Waals surface area contributed by atoms with Crippen LogP contribution < -0.4 is 10.4 Å². The third-order valence-corrected chi connectivity index (χ3v) is 6.53. The molecule has 2 aromatic carbocycles. The van der Waals surface area contributed by atoms with E-state index in [9.17, 15) is 10.1 Å². The Bertz CT molecular complexity index is 1780. The first kappa shape index (κ1) is 24.4. The molecule has 5 rings (SSSR count). The van der Waals surface area contributed by atoms with E-state index in [2.05, 4.69) is 36.5 Å². The third kappa shape index (κ3) is 3.89. The summed E-state index contributed by atoms with van der Waals surface area (Å²) in [4.78, 5) is 17.9. The monoisotopic (exact) mass is 497 g/mol. The van der Waals surface area contributed by atoms with Crippen molar-refractivity contribution in [2.45, 2.75) is 46.1 Å². The quantitative estimate of drug-likeness (QED) is 0.362. The molecule has 0 spiro atoms. The van der Waals surface area contributed by atoms with E-state index in [0.717, 1.165) is 44.7 Å². The highest BCUT2D eigenvalue weighted by atomic mass is 16.5. The van der Waals surface area contributed by atoms with Crippen LogP contribution in [0.3, 0.4) is 0 Å². The average molecular weight is 498 g/mol. The molecule has 0 unspecified atom stereocenters. The molecule has 190 valence electrons. The number of aryl methyl sites for hydroxylation is 3. The Labute approximate surface area is 215 Å². The fourth-order valence-corrected chi connectivity index (χ4v) is 4.85. The number of aromatic nitrogens is 6. The lowest BCUT2D eigenvalue weighted by Crippen LogP contribution is -2.19. The molecule has 3 heterocycles. The van der Waals surface area contributed by atoms with E-state index in [0.29, 0.717) is 11.3 Å². The SMILES string of the molecule is CC(C)Oc1cc(-n2c(C(C)(C)C)nc3cc(-c4cnn(C)c4)c(C#N)cc32)cc2c1n(C)c(=O)n2C. The van der Waals surface area contributed by atoms with Crippen molar-refractivity contribution >= 4 is 22.1 Å². The Kier molecular flexibility index (Phi) is 5.52. The summed E-state index contributed by atoms with van der Waals surface area (Å²) in [6, 6.07) is 10.1. The second-order valence-corrected chi connectivity index (χ2v) is 10.8. The van der Waals surface area contributed by atoms with Crippen molar-refractivity contribution in [3.8, 4) is 28.6 Å². The Balaban J connectivity index is 1.88. The van der Waals surface area contributed by atoms with Gasteiger partial charge in [0.25, 0.3) is 0 Å². The van der Waals surface area contributed by atoms with Gasteiger partial charge < -0.3 is 4.74 Å². The Morgan fingerprint density at radius 3 is 2.35 bits per heavy atom. The van der Waals surface area contributed by atoms with Crippen LogP contribution in [-0.2, 0) is 26.6 Å². The molecule has 5 aromatic rings. The first-order valence-electron chi connectivity index (χ1n) is 12.2. The van der Waals surface area contributed by atoms with Gasteiger partial charge in [-0.05, 0) is 32.0 Å². The molecule has 0 atom stereocenters. The van der Waals surface area contributed by atoms with Gasteiger partial charge in [-0.3, -0.25) is 18.4 Å². The number of nitrogens with zero attached hydrogens (tertiary/aromatic N) is 7. The first-order valence-corrected chi connectivity index (χ1v) is 12.2. The minimum Gasteiger partial charge on any atom is -0.489 e. The molecule has 0 aliphatic carbocycles. The van der Waals surface area contributed by atoms with E-state index < -0.39 is 0 Å². The molecule has 0 amide bonds. The van der Waals surface area contributed by atoms with Gasteiger partial charge in [0.05, 0.1) is 46.2 Å². The molecular formula is C28H31N7O2. The van der Waals surface area contributed by atoms with Crippen LogP contribution in [0.1, 0.15) is 46.0 Å². The molecule has 0 saturated carbocycles. The number of benzene rings is 2. The minimum atomic E-state index is -0.309. The van der Waals surface area contributed by atoms with E-state index >= 15 is 0 Å². The van der Waals surface area contributed by atoms with E-state index in [1.165, 1.54) is 0 Å². The molecule has 0 aliphatic rings. The van der Waals surface area contributed by atoms with E-state index in [4.69, 9.17) is 9.72 Å². The zero-order valence-electron chi connectivity index (χ0n) is 22.5. The molecule has 0 radical (unpaired) electrons. The van der Waals surface area contributed by atoms with Crippen molar-refractivity contribution in [1.29, 1.82) is 5.26 Å². The van der Waals surface area contributed by atoms with Crippen LogP contribution in [0.5, 0.6) is 5.75 Å². The van der Waals surface area contributed by atoms with Gasteiger partial charge in [0.2, 0.25) is 0 Å². The van der Waals surface area contributed by atoms with Gasteiger partial charge in [-0.15, -0.1) is 0 Å². The predicted molar refractivity (Wildman–Crippen MR) is 144 cm³/mol. The fourth-order valence-electron chi connectivity index (χ4n) is 4.85. The molecule has 37 heavy (non-hydrogen) atoms. The van der Waals surface area contributed by atoms with Crippen molar-refractivity contribution < 1.29 is 4.74 Å². The van der Waals surface area contributed by atoms with Crippen molar-refractivity contribution in [2.24, 2.45) is 21.1 Å². The van der Waals surface area contributed by atoms with E-state index in [-0.39, 0.29) is 17.2 Å². The van der Waals surface area contributed by atoms with E-state index in [1.54, 1.807) is 34.1 Å². The third-order valence-electron chi connectivity index (χ3n) is 6.53. The zero-order chi connectivity index (χ0) is 26.8. The maximum Gasteiger partial charge on any atom is 0.328 e. The van der Waals surface area contributed by atoms with Crippen LogP contribution in [0.25, 0.3) is 38.9 Å². The van der Waals surface area contributed by atoms with Gasteiger partial charge in [-0.1, -0.05) is 20.8 Å². The van der Waals surface area contributed by atoms with Gasteiger partial charge in [0, 0.05) is 49.9 Å². The summed E-state index contributed by atoms with van der Waals surface area (Å²) in [5.74, 6) is 1.46. The van der Waals surface area contributed by atoms with Crippen LogP contribution in [-0.4, -0.2) is 34.6 Å². The highest BCUT2D eigenvalue weighted by Crippen LogP contribution is 2.37. The zero-order valence-corrected chi connectivity index (χ0v) is 22.5. The van der Waals surface area contributed by atoms with Crippen LogP contribution in [0.15, 0.2) is 41.5 Å². The standard InChI is InChI=1S/C28H31N7O2/c1-16(2)37-24-11-19(10-23-25(24)34(8)27(36)33(23)7)35-22-9-17(13-29)20(18-14-30-32(6)15-18)12-21(22)31-26(35)28(3,4)5/h9-12,14-16H,1-8H3. The second kappa shape index (κ2) is 8.37. The summed E-state index contributed by atoms with van der Waals surface area (Å²) >= 11 is 0. The van der Waals surface area contributed by atoms with Crippen molar-refractivity contribution in [1.82, 2.24) is 28.5 Å². The molecule has 0 saturated heterocycles. The van der Waals surface area contributed by atoms with E-state index in [1.807, 2.05) is 51.4 Å². The summed E-state index contributed by atoms with van der Waals surface area (Å²) < 4.78 is 13.2. The second-order valence-electron chi connectivity index (χ2n) is 10.8. The summed E-state index contributed by atoms with van der Waals surface area (Å²) in [7, 11) is 5.37. The van der Waals surface area contributed by atoms with Gasteiger partial charge >= 0.3 is 5.69 Å². The minimum absolute atomic E-state index is 0.0809. The van der Waals surface area contributed by atoms with Crippen LogP contribution in [0, 0.1) is 11.3 Å². The lowest BCUT2D eigenvalue weighted by atomic mass is 9.95. The Morgan fingerprint density at radius 2 is 1.76 bits per heavy atom. The topological polar surface area (TPSA) is 95.6 Å². The number of hydrogen-bond acceptors (Lipinski definition) is 5. The first-order chi connectivity index (χ1) is 17.4. The number of nitriles is 1. The number of fused-ring (bicyclic) bond motifs is 2. The van der Waals surface area contributed by atoms with Gasteiger partial charge in [-0.25, -0.2) is 9.78 Å². The summed E-state index contributed by atoms with van der Waals surface area (Å²) in [6.07, 6.45) is 3.56. The smallest absolute Gasteiger partial charge is 0.328 e. The Morgan fingerprint density at radius 1 is 1.03 bits per heavy atom. The average Bonchev–Trinajstić information content (AvgIpc) is 3.49. The molecule has 9 nitrogen and oxygen atoms in total. The van der Waals surface area contributed by atoms with Crippen LogP contribution in [0.4, 0.5) is 0 Å². The molecule has 0 N–H and O–H groups in total. The maximum atomic E-state index is 12.8. The van der Waals surface area contributed by atoms with Crippen molar-refractivity contribution in [2.75, 3.05) is 0 Å². The molecular weight excluding hydrogens is 466 g/mol. The summed E-state index contributed by atoms with van der Waals surface area (Å²) in [5.41, 5.74) is 5.65. The van der Waals surface area contributed by atoms with Crippen LogP contribution in [0.2, 0.25) is 0 Å². The molecule has 3 aromatic heterocycles. The number of imidazole rings is 2. The fraction of sp³-hybridized carbons (Fsp3) is 0.357. The number of hydrogen-bond donors (Lipinski definition) is 0. The maximum absolute atomic E-state index is 12.8. The molecule has 0 aliphatic heterocycles. The highest BCUT2D eigenvalue weighted by Gasteiger charge is 2.27. The lowest BCUT2D eigenvalue weighted by Gasteiger charge is -2.21. The number of ether oxygens (including phenoxy) is 1. The lowest BCUT2D eigenvalue weighted by molar-refractivity contribution is 0.244.